The lowest BCUT2D eigenvalue weighted by Crippen LogP contribution is -2.36. The number of H-pyrrole nitrogens is 1. The lowest BCUT2D eigenvalue weighted by Gasteiger charge is -2.13. The lowest BCUT2D eigenvalue weighted by molar-refractivity contribution is -0.121. The van der Waals surface area contributed by atoms with Crippen molar-refractivity contribution >= 4 is 5.91 Å². The average molecular weight is 289 g/mol. The van der Waals surface area contributed by atoms with E-state index in [0.29, 0.717) is 23.5 Å². The molecule has 6 heteroatoms. The summed E-state index contributed by atoms with van der Waals surface area (Å²) < 4.78 is 5.24. The van der Waals surface area contributed by atoms with Crippen LogP contribution in [0.1, 0.15) is 29.8 Å². The molecule has 6 nitrogen and oxygen atoms in total. The Morgan fingerprint density at radius 3 is 2.86 bits per heavy atom. The standard InChI is InChI=1S/C15H19N3O3/c1-9(7-12-5-4-6-21-12)16-14(19)8-13-10(2)17-11(3)18-15(13)20/h4-6,9H,7-8H2,1-3H3,(H,16,19)(H,17,18,20). The summed E-state index contributed by atoms with van der Waals surface area (Å²) in [7, 11) is 0. The van der Waals surface area contributed by atoms with Gasteiger partial charge in [0, 0.05) is 23.7 Å². The van der Waals surface area contributed by atoms with E-state index in [2.05, 4.69) is 15.3 Å². The number of amides is 1. The van der Waals surface area contributed by atoms with Gasteiger partial charge in [0.1, 0.15) is 11.6 Å². The SMILES string of the molecule is Cc1nc(C)c(CC(=O)NC(C)Cc2ccco2)c(=O)[nH]1. The van der Waals surface area contributed by atoms with Crippen molar-refractivity contribution in [2.45, 2.75) is 39.7 Å². The van der Waals surface area contributed by atoms with Gasteiger partial charge in [-0.3, -0.25) is 9.59 Å². The van der Waals surface area contributed by atoms with E-state index in [9.17, 15) is 9.59 Å². The molecule has 1 unspecified atom stereocenters. The Labute approximate surface area is 122 Å². The minimum absolute atomic E-state index is 0.0247. The number of carbonyl (C=O) groups is 1. The normalized spacial score (nSPS) is 12.1. The van der Waals surface area contributed by atoms with Crippen LogP contribution in [-0.2, 0) is 17.6 Å². The molecule has 0 radical (unpaired) electrons. The minimum atomic E-state index is -0.256. The van der Waals surface area contributed by atoms with Gasteiger partial charge in [-0.15, -0.1) is 0 Å². The van der Waals surface area contributed by atoms with Gasteiger partial charge in [0.2, 0.25) is 5.91 Å². The summed E-state index contributed by atoms with van der Waals surface area (Å²) in [6.45, 7) is 5.34. The van der Waals surface area contributed by atoms with E-state index in [-0.39, 0.29) is 23.9 Å². The molecule has 0 saturated heterocycles. The summed E-state index contributed by atoms with van der Waals surface area (Å²) in [4.78, 5) is 30.7. The highest BCUT2D eigenvalue weighted by Crippen LogP contribution is 2.05. The first-order chi connectivity index (χ1) is 9.95. The Morgan fingerprint density at radius 2 is 2.24 bits per heavy atom. The first-order valence-corrected chi connectivity index (χ1v) is 6.84. The smallest absolute Gasteiger partial charge is 0.254 e. The minimum Gasteiger partial charge on any atom is -0.469 e. The van der Waals surface area contributed by atoms with E-state index in [1.54, 1.807) is 20.1 Å². The number of carbonyl (C=O) groups excluding carboxylic acids is 1. The highest BCUT2D eigenvalue weighted by Gasteiger charge is 2.14. The van der Waals surface area contributed by atoms with E-state index in [1.165, 1.54) is 0 Å². The van der Waals surface area contributed by atoms with Crippen LogP contribution >= 0.6 is 0 Å². The first-order valence-electron chi connectivity index (χ1n) is 6.84. The topological polar surface area (TPSA) is 88.0 Å². The van der Waals surface area contributed by atoms with Crippen molar-refractivity contribution in [2.24, 2.45) is 0 Å². The number of aromatic nitrogens is 2. The molecule has 2 aromatic rings. The molecular formula is C15H19N3O3. The van der Waals surface area contributed by atoms with E-state index in [4.69, 9.17) is 4.42 Å². The molecule has 0 aliphatic carbocycles. The highest BCUT2D eigenvalue weighted by molar-refractivity contribution is 5.78. The molecule has 0 saturated carbocycles. The van der Waals surface area contributed by atoms with Gasteiger partial charge in [-0.05, 0) is 32.9 Å². The van der Waals surface area contributed by atoms with Crippen molar-refractivity contribution in [3.63, 3.8) is 0 Å². The van der Waals surface area contributed by atoms with Crippen LogP contribution < -0.4 is 10.9 Å². The largest absolute Gasteiger partial charge is 0.469 e. The van der Waals surface area contributed by atoms with Crippen LogP contribution in [0.25, 0.3) is 0 Å². The van der Waals surface area contributed by atoms with Crippen LogP contribution in [0, 0.1) is 13.8 Å². The molecule has 2 aromatic heterocycles. The second-order valence-electron chi connectivity index (χ2n) is 5.14. The fourth-order valence-electron chi connectivity index (χ4n) is 2.23. The Hall–Kier alpha value is -2.37. The number of aromatic amines is 1. The third kappa shape index (κ3) is 4.05. The number of hydrogen-bond acceptors (Lipinski definition) is 4. The van der Waals surface area contributed by atoms with Crippen LogP contribution in [0.4, 0.5) is 0 Å². The van der Waals surface area contributed by atoms with Gasteiger partial charge >= 0.3 is 0 Å². The maximum atomic E-state index is 12.0. The van der Waals surface area contributed by atoms with Gasteiger partial charge in [-0.1, -0.05) is 0 Å². The molecular weight excluding hydrogens is 270 g/mol. The number of nitrogens with one attached hydrogen (secondary N) is 2. The predicted octanol–water partition coefficient (Wildman–Crippen LogP) is 1.27. The quantitative estimate of drug-likeness (QED) is 0.867. The molecule has 21 heavy (non-hydrogen) atoms. The number of aryl methyl sites for hydroxylation is 2. The highest BCUT2D eigenvalue weighted by atomic mass is 16.3. The molecule has 0 aliphatic rings. The zero-order valence-corrected chi connectivity index (χ0v) is 12.4. The second-order valence-corrected chi connectivity index (χ2v) is 5.14. The van der Waals surface area contributed by atoms with Crippen LogP contribution in [0.15, 0.2) is 27.6 Å². The molecule has 0 aromatic carbocycles. The monoisotopic (exact) mass is 289 g/mol. The average Bonchev–Trinajstić information content (AvgIpc) is 2.86. The number of nitrogens with zero attached hydrogens (tertiary/aromatic N) is 1. The van der Waals surface area contributed by atoms with Crippen molar-refractivity contribution in [1.29, 1.82) is 0 Å². The van der Waals surface area contributed by atoms with E-state index < -0.39 is 0 Å². The van der Waals surface area contributed by atoms with Gasteiger partial charge in [0.15, 0.2) is 0 Å². The maximum absolute atomic E-state index is 12.0. The van der Waals surface area contributed by atoms with Gasteiger partial charge < -0.3 is 14.7 Å². The Bertz CT molecular complexity index is 674. The zero-order chi connectivity index (χ0) is 15.4. The summed E-state index contributed by atoms with van der Waals surface area (Å²) in [5.74, 6) is 1.16. The number of rotatable bonds is 5. The molecule has 1 atom stereocenters. The Morgan fingerprint density at radius 1 is 1.48 bits per heavy atom. The second kappa shape index (κ2) is 6.39. The summed E-state index contributed by atoms with van der Waals surface area (Å²) in [6.07, 6.45) is 2.24. The van der Waals surface area contributed by atoms with Gasteiger partial charge in [0.25, 0.3) is 5.56 Å². The fraction of sp³-hybridized carbons (Fsp3) is 0.400. The van der Waals surface area contributed by atoms with Crippen molar-refractivity contribution in [2.75, 3.05) is 0 Å². The molecule has 112 valence electrons. The third-order valence-corrected chi connectivity index (χ3v) is 3.17. The zero-order valence-electron chi connectivity index (χ0n) is 12.4. The summed E-state index contributed by atoms with van der Waals surface area (Å²) in [6, 6.07) is 3.60. The number of furan rings is 1. The molecule has 0 fully saturated rings. The van der Waals surface area contributed by atoms with Crippen LogP contribution in [0.5, 0.6) is 0 Å². The predicted molar refractivity (Wildman–Crippen MR) is 78.1 cm³/mol. The van der Waals surface area contributed by atoms with Crippen molar-refractivity contribution < 1.29 is 9.21 Å². The Balaban J connectivity index is 1.97. The maximum Gasteiger partial charge on any atom is 0.254 e. The molecule has 0 bridgehead atoms. The van der Waals surface area contributed by atoms with Crippen LogP contribution in [-0.4, -0.2) is 21.9 Å². The summed E-state index contributed by atoms with van der Waals surface area (Å²) >= 11 is 0. The van der Waals surface area contributed by atoms with Crippen molar-refractivity contribution in [1.82, 2.24) is 15.3 Å². The third-order valence-electron chi connectivity index (χ3n) is 3.17. The molecule has 0 spiro atoms. The van der Waals surface area contributed by atoms with Crippen LogP contribution in [0.2, 0.25) is 0 Å². The summed E-state index contributed by atoms with van der Waals surface area (Å²) in [5, 5.41) is 2.86. The lowest BCUT2D eigenvalue weighted by atomic mass is 10.1. The number of hydrogen-bond donors (Lipinski definition) is 2. The fourth-order valence-corrected chi connectivity index (χ4v) is 2.23. The molecule has 2 rings (SSSR count). The van der Waals surface area contributed by atoms with Crippen LogP contribution in [0.3, 0.4) is 0 Å². The van der Waals surface area contributed by atoms with Gasteiger partial charge in [-0.2, -0.15) is 0 Å². The van der Waals surface area contributed by atoms with Gasteiger partial charge in [0.05, 0.1) is 12.7 Å². The Kier molecular flexibility index (Phi) is 4.57. The molecule has 0 aliphatic heterocycles. The van der Waals surface area contributed by atoms with E-state index in [0.717, 1.165) is 5.76 Å². The van der Waals surface area contributed by atoms with E-state index in [1.807, 2.05) is 19.1 Å². The molecule has 2 heterocycles. The summed E-state index contributed by atoms with van der Waals surface area (Å²) in [5.41, 5.74) is 0.738. The van der Waals surface area contributed by atoms with E-state index >= 15 is 0 Å². The first kappa shape index (κ1) is 15.0. The van der Waals surface area contributed by atoms with Gasteiger partial charge in [-0.25, -0.2) is 4.98 Å². The molecule has 2 N–H and O–H groups in total. The van der Waals surface area contributed by atoms with Crippen molar-refractivity contribution in [3.8, 4) is 0 Å². The molecule has 1 amide bonds. The van der Waals surface area contributed by atoms with Crippen molar-refractivity contribution in [3.05, 3.63) is 51.6 Å².